The minimum absolute atomic E-state index is 0.203. The molecule has 0 bridgehead atoms. The zero-order valence-corrected chi connectivity index (χ0v) is 14.2. The zero-order chi connectivity index (χ0) is 15.8. The van der Waals surface area contributed by atoms with Gasteiger partial charge >= 0.3 is 0 Å². The van der Waals surface area contributed by atoms with Crippen molar-refractivity contribution in [3.8, 4) is 0 Å². The molecule has 6 nitrogen and oxygen atoms in total. The number of hydrogen-bond acceptors (Lipinski definition) is 8. The average Bonchev–Trinajstić information content (AvgIpc) is 3.22. The second-order valence-corrected chi connectivity index (χ2v) is 7.52. The number of nitrogens with zero attached hydrogens (tertiary/aromatic N) is 3. The van der Waals surface area contributed by atoms with Crippen LogP contribution in [0.2, 0.25) is 0 Å². The number of aliphatic hydroxyl groups is 1. The molecule has 2 atom stereocenters. The molecule has 0 aromatic carbocycles. The molecule has 1 aliphatic carbocycles. The molecule has 3 aromatic rings. The van der Waals surface area contributed by atoms with Gasteiger partial charge in [-0.05, 0) is 55.2 Å². The molecule has 1 unspecified atom stereocenters. The molecule has 0 radical (unpaired) electrons. The number of hydrogen-bond donors (Lipinski definition) is 3. The SMILES string of the molecule is Cc1cc(Nc2nc(NC3CC[C@@H](O)C3)c3sccc3n2)sn1. The molecule has 3 heterocycles. The second-order valence-electron chi connectivity index (χ2n) is 5.80. The van der Waals surface area contributed by atoms with Crippen molar-refractivity contribution in [2.24, 2.45) is 0 Å². The van der Waals surface area contributed by atoms with Gasteiger partial charge in [0.15, 0.2) is 0 Å². The number of fused-ring (bicyclic) bond motifs is 1. The van der Waals surface area contributed by atoms with Gasteiger partial charge in [0, 0.05) is 6.04 Å². The molecule has 1 fully saturated rings. The minimum Gasteiger partial charge on any atom is -0.393 e. The Kier molecular flexibility index (Phi) is 3.88. The van der Waals surface area contributed by atoms with Gasteiger partial charge in [0.2, 0.25) is 5.95 Å². The highest BCUT2D eigenvalue weighted by Gasteiger charge is 2.24. The third kappa shape index (κ3) is 3.15. The first-order valence-corrected chi connectivity index (χ1v) is 9.23. The summed E-state index contributed by atoms with van der Waals surface area (Å²) in [7, 11) is 0. The standard InChI is InChI=1S/C15H17N5OS2/c1-8-6-12(23-20-8)18-15-17-11-4-5-22-13(11)14(19-15)16-9-2-3-10(21)7-9/h4-6,9-10,21H,2-3,7H2,1H3,(H2,16,17,18,19)/t9?,10-/m1/s1. The van der Waals surface area contributed by atoms with Gasteiger partial charge in [-0.25, -0.2) is 4.98 Å². The van der Waals surface area contributed by atoms with E-state index in [4.69, 9.17) is 0 Å². The van der Waals surface area contributed by atoms with E-state index < -0.39 is 0 Å². The van der Waals surface area contributed by atoms with Crippen molar-refractivity contribution in [3.63, 3.8) is 0 Å². The first-order chi connectivity index (χ1) is 11.2. The first-order valence-electron chi connectivity index (χ1n) is 7.57. The Balaban J connectivity index is 1.64. The van der Waals surface area contributed by atoms with E-state index in [1.807, 2.05) is 24.4 Å². The van der Waals surface area contributed by atoms with Crippen molar-refractivity contribution in [2.75, 3.05) is 10.6 Å². The van der Waals surface area contributed by atoms with Crippen molar-refractivity contribution < 1.29 is 5.11 Å². The van der Waals surface area contributed by atoms with Crippen LogP contribution < -0.4 is 10.6 Å². The molecule has 0 aliphatic heterocycles. The molecular formula is C15H17N5OS2. The Bertz CT molecular complexity index is 830. The lowest BCUT2D eigenvalue weighted by Gasteiger charge is -2.14. The molecule has 3 N–H and O–H groups in total. The van der Waals surface area contributed by atoms with Crippen LogP contribution in [0.1, 0.15) is 25.0 Å². The van der Waals surface area contributed by atoms with Gasteiger partial charge in [0.1, 0.15) is 10.8 Å². The Morgan fingerprint density at radius 3 is 2.96 bits per heavy atom. The smallest absolute Gasteiger partial charge is 0.230 e. The lowest BCUT2D eigenvalue weighted by atomic mass is 10.2. The van der Waals surface area contributed by atoms with Gasteiger partial charge in [0.05, 0.1) is 22.0 Å². The number of rotatable bonds is 4. The molecule has 0 amide bonds. The van der Waals surface area contributed by atoms with Crippen molar-refractivity contribution in [1.29, 1.82) is 0 Å². The highest BCUT2D eigenvalue weighted by atomic mass is 32.1. The normalized spacial score (nSPS) is 21.0. The van der Waals surface area contributed by atoms with E-state index >= 15 is 0 Å². The van der Waals surface area contributed by atoms with E-state index in [1.54, 1.807) is 11.3 Å². The summed E-state index contributed by atoms with van der Waals surface area (Å²) in [6.45, 7) is 1.96. The predicted octanol–water partition coefficient (Wildman–Crippen LogP) is 3.53. The lowest BCUT2D eigenvalue weighted by molar-refractivity contribution is 0.182. The first kappa shape index (κ1) is 14.8. The van der Waals surface area contributed by atoms with Crippen molar-refractivity contribution in [1.82, 2.24) is 14.3 Å². The molecule has 4 rings (SSSR count). The predicted molar refractivity (Wildman–Crippen MR) is 94.8 cm³/mol. The summed E-state index contributed by atoms with van der Waals surface area (Å²) in [6, 6.07) is 4.25. The van der Waals surface area contributed by atoms with Crippen molar-refractivity contribution in [3.05, 3.63) is 23.2 Å². The van der Waals surface area contributed by atoms with Crippen LogP contribution >= 0.6 is 22.9 Å². The maximum Gasteiger partial charge on any atom is 0.230 e. The summed E-state index contributed by atoms with van der Waals surface area (Å²) < 4.78 is 5.31. The van der Waals surface area contributed by atoms with Crippen LogP contribution in [0.4, 0.5) is 16.8 Å². The quantitative estimate of drug-likeness (QED) is 0.670. The van der Waals surface area contributed by atoms with Crippen LogP contribution in [0, 0.1) is 6.92 Å². The maximum atomic E-state index is 9.71. The number of aryl methyl sites for hydroxylation is 1. The van der Waals surface area contributed by atoms with Gasteiger partial charge in [0.25, 0.3) is 0 Å². The number of thiophene rings is 1. The fraction of sp³-hybridized carbons (Fsp3) is 0.400. The van der Waals surface area contributed by atoms with E-state index in [-0.39, 0.29) is 12.1 Å². The van der Waals surface area contributed by atoms with Crippen LogP contribution in [0.3, 0.4) is 0 Å². The molecule has 1 saturated carbocycles. The molecule has 0 saturated heterocycles. The molecule has 0 spiro atoms. The second kappa shape index (κ2) is 6.03. The summed E-state index contributed by atoms with van der Waals surface area (Å²) >= 11 is 3.03. The molecule has 3 aromatic heterocycles. The number of anilines is 3. The molecule has 23 heavy (non-hydrogen) atoms. The van der Waals surface area contributed by atoms with Crippen LogP contribution in [0.5, 0.6) is 0 Å². The Morgan fingerprint density at radius 1 is 1.30 bits per heavy atom. The van der Waals surface area contributed by atoms with E-state index in [2.05, 4.69) is 25.0 Å². The minimum atomic E-state index is -0.203. The topological polar surface area (TPSA) is 83.0 Å². The highest BCUT2D eigenvalue weighted by Crippen LogP contribution is 2.31. The largest absolute Gasteiger partial charge is 0.393 e. The van der Waals surface area contributed by atoms with Gasteiger partial charge in [-0.3, -0.25) is 0 Å². The maximum absolute atomic E-state index is 9.71. The Morgan fingerprint density at radius 2 is 2.22 bits per heavy atom. The Hall–Kier alpha value is -1.77. The van der Waals surface area contributed by atoms with Crippen molar-refractivity contribution in [2.45, 2.75) is 38.3 Å². The summed E-state index contributed by atoms with van der Waals surface area (Å²) in [6.07, 6.45) is 2.38. The van der Waals surface area contributed by atoms with Gasteiger partial charge < -0.3 is 15.7 Å². The number of aliphatic hydroxyl groups excluding tert-OH is 1. The zero-order valence-electron chi connectivity index (χ0n) is 12.6. The van der Waals surface area contributed by atoms with Gasteiger partial charge in [-0.15, -0.1) is 11.3 Å². The van der Waals surface area contributed by atoms with Crippen molar-refractivity contribution >= 4 is 49.9 Å². The van der Waals surface area contributed by atoms with Gasteiger partial charge in [-0.1, -0.05) is 0 Å². The monoisotopic (exact) mass is 347 g/mol. The average molecular weight is 347 g/mol. The summed E-state index contributed by atoms with van der Waals surface area (Å²) in [5.74, 6) is 1.41. The highest BCUT2D eigenvalue weighted by molar-refractivity contribution is 7.17. The number of aromatic nitrogens is 3. The van der Waals surface area contributed by atoms with E-state index in [9.17, 15) is 5.11 Å². The summed E-state index contributed by atoms with van der Waals surface area (Å²) in [5.41, 5.74) is 1.90. The fourth-order valence-electron chi connectivity index (χ4n) is 2.83. The molecule has 120 valence electrons. The third-order valence-electron chi connectivity index (χ3n) is 3.91. The fourth-order valence-corrected chi connectivity index (χ4v) is 4.27. The van der Waals surface area contributed by atoms with Crippen LogP contribution in [-0.4, -0.2) is 31.6 Å². The van der Waals surface area contributed by atoms with E-state index in [0.29, 0.717) is 5.95 Å². The van der Waals surface area contributed by atoms with Crippen LogP contribution in [0.25, 0.3) is 10.2 Å². The van der Waals surface area contributed by atoms with Gasteiger partial charge in [-0.2, -0.15) is 9.36 Å². The molecule has 1 aliphatic rings. The third-order valence-corrected chi connectivity index (χ3v) is 5.62. The number of nitrogens with one attached hydrogen (secondary N) is 2. The Labute approximate surface area is 141 Å². The molecular weight excluding hydrogens is 330 g/mol. The van der Waals surface area contributed by atoms with Crippen LogP contribution in [-0.2, 0) is 0 Å². The summed E-state index contributed by atoms with van der Waals surface area (Å²) in [4.78, 5) is 9.21. The van der Waals surface area contributed by atoms with Crippen LogP contribution in [0.15, 0.2) is 17.5 Å². The van der Waals surface area contributed by atoms with E-state index in [0.717, 1.165) is 46.0 Å². The summed E-state index contributed by atoms with van der Waals surface area (Å²) in [5, 5.41) is 19.4. The molecule has 8 heteroatoms. The lowest BCUT2D eigenvalue weighted by Crippen LogP contribution is -2.18. The van der Waals surface area contributed by atoms with E-state index in [1.165, 1.54) is 11.5 Å².